The van der Waals surface area contributed by atoms with Gasteiger partial charge in [0.25, 0.3) is 0 Å². The standard InChI is InChI=1S/C33H39N5O8S/c1-5-16-18(11-39)31(38-33(16)46)29(34)30-14(3)27(23(40)10-26(43)44)21(36-30)9-20-17(6-7-25(41)42)13(2)19(35-20)8-22-28(24-12-47-24)15(4)32(45)37-22/h5,8-9,11,15-16,24,28-29,31,35-36,39-40H,1,6-7,10,12,34H2,2-4H3,(H,37,45)(H,38,46)(H,41,42)(H,43,44)/b18-11+,21-9-,22-8-,27-23+/t15-,16?,24+,28-,29?,31+/m1/s1. The van der Waals surface area contributed by atoms with Crippen molar-refractivity contribution in [2.75, 3.05) is 5.75 Å². The molecule has 14 heteroatoms. The molecule has 5 rings (SSSR count). The largest absolute Gasteiger partial charge is 0.516 e. The number of aliphatic hydroxyl groups is 2. The second kappa shape index (κ2) is 13.2. The summed E-state index contributed by atoms with van der Waals surface area (Å²) in [5.74, 6) is -3.08. The number of carbonyl (C=O) groups excluding carboxylic acids is 2. The number of hydrogen-bond donors (Lipinski definition) is 9. The molecule has 0 spiro atoms. The molecule has 47 heavy (non-hydrogen) atoms. The molecule has 0 bridgehead atoms. The summed E-state index contributed by atoms with van der Waals surface area (Å²) in [5, 5.41) is 46.5. The van der Waals surface area contributed by atoms with Gasteiger partial charge in [0.15, 0.2) is 0 Å². The van der Waals surface area contributed by atoms with Crippen LogP contribution in [0.1, 0.15) is 59.6 Å². The number of aliphatic carboxylic acids is 2. The molecule has 2 aromatic heterocycles. The predicted octanol–water partition coefficient (Wildman–Crippen LogP) is 1.53. The molecule has 250 valence electrons. The van der Waals surface area contributed by atoms with Gasteiger partial charge in [-0.25, -0.2) is 0 Å². The zero-order valence-corrected chi connectivity index (χ0v) is 27.0. The van der Waals surface area contributed by atoms with Gasteiger partial charge in [0.05, 0.1) is 29.6 Å². The molecule has 10 N–H and O–H groups in total. The van der Waals surface area contributed by atoms with Crippen molar-refractivity contribution in [2.45, 2.75) is 57.4 Å². The van der Waals surface area contributed by atoms with Crippen LogP contribution in [0.15, 0.2) is 30.2 Å². The molecular formula is C33H39N5O8S. The van der Waals surface area contributed by atoms with Crippen LogP contribution in [0.2, 0.25) is 0 Å². The lowest BCUT2D eigenvalue weighted by atomic mass is 9.91. The van der Waals surface area contributed by atoms with Gasteiger partial charge in [-0.1, -0.05) is 13.0 Å². The third-order valence-electron chi connectivity index (χ3n) is 9.27. The van der Waals surface area contributed by atoms with Crippen LogP contribution >= 0.6 is 11.8 Å². The van der Waals surface area contributed by atoms with Crippen molar-refractivity contribution >= 4 is 53.4 Å². The number of nitrogens with two attached hydrogens (primary N) is 1. The van der Waals surface area contributed by atoms with E-state index in [-0.39, 0.29) is 41.7 Å². The summed E-state index contributed by atoms with van der Waals surface area (Å²) < 4.78 is 0. The highest BCUT2D eigenvalue weighted by atomic mass is 32.2. The minimum absolute atomic E-state index is 0.0315. The van der Waals surface area contributed by atoms with Crippen molar-refractivity contribution in [3.63, 3.8) is 0 Å². The maximum Gasteiger partial charge on any atom is 0.311 e. The molecule has 0 aromatic carbocycles. The molecule has 3 aliphatic rings. The third-order valence-corrected chi connectivity index (χ3v) is 10.3. The SMILES string of the molecule is C=CC1C(=O)N[C@H](C(N)c2[nH]c(=C\c3[nH]c(/C=C4\NC(=O)[C@H](C)[C@H]4[C@@H]4CS4)c(C)c3CCC(=O)O)/c(=C(/O)CC(=O)O)c2C)/C1=C/O. The van der Waals surface area contributed by atoms with Crippen LogP contribution < -0.4 is 26.9 Å². The number of amides is 2. The normalized spacial score (nSPS) is 27.2. The van der Waals surface area contributed by atoms with Crippen LogP contribution in [0, 0.1) is 31.6 Å². The number of aromatic nitrogens is 2. The number of hydrogen-bond acceptors (Lipinski definition) is 8. The fourth-order valence-corrected chi connectivity index (χ4v) is 7.62. The van der Waals surface area contributed by atoms with E-state index in [1.54, 1.807) is 24.8 Å². The van der Waals surface area contributed by atoms with Gasteiger partial charge in [-0.15, -0.1) is 6.58 Å². The Morgan fingerprint density at radius 1 is 1.06 bits per heavy atom. The van der Waals surface area contributed by atoms with Gasteiger partial charge in [0.2, 0.25) is 11.8 Å². The van der Waals surface area contributed by atoms with E-state index in [0.29, 0.717) is 44.4 Å². The van der Waals surface area contributed by atoms with Crippen molar-refractivity contribution in [1.29, 1.82) is 0 Å². The fourth-order valence-electron chi connectivity index (χ4n) is 6.71. The summed E-state index contributed by atoms with van der Waals surface area (Å²) >= 11 is 1.80. The highest BCUT2D eigenvalue weighted by molar-refractivity contribution is 8.06. The summed E-state index contributed by atoms with van der Waals surface area (Å²) in [7, 11) is 0. The van der Waals surface area contributed by atoms with Crippen molar-refractivity contribution in [1.82, 2.24) is 20.6 Å². The van der Waals surface area contributed by atoms with E-state index in [9.17, 15) is 39.6 Å². The lowest BCUT2D eigenvalue weighted by molar-refractivity contribution is -0.137. The van der Waals surface area contributed by atoms with Crippen LogP contribution in [-0.4, -0.2) is 71.2 Å². The monoisotopic (exact) mass is 665 g/mol. The second-order valence-corrected chi connectivity index (χ2v) is 13.5. The number of aliphatic hydroxyl groups excluding tert-OH is 2. The van der Waals surface area contributed by atoms with Crippen LogP contribution in [-0.2, 0) is 25.6 Å². The first kappa shape index (κ1) is 33.7. The first-order valence-corrected chi connectivity index (χ1v) is 16.3. The van der Waals surface area contributed by atoms with Gasteiger partial charge >= 0.3 is 11.9 Å². The van der Waals surface area contributed by atoms with Gasteiger partial charge in [-0.05, 0) is 49.1 Å². The van der Waals surface area contributed by atoms with E-state index < -0.39 is 42.1 Å². The van der Waals surface area contributed by atoms with E-state index in [0.717, 1.165) is 23.3 Å². The summed E-state index contributed by atoms with van der Waals surface area (Å²) in [5.41, 5.74) is 11.2. The Morgan fingerprint density at radius 2 is 1.77 bits per heavy atom. The Balaban J connectivity index is 1.68. The van der Waals surface area contributed by atoms with Crippen LogP contribution in [0.25, 0.3) is 17.9 Å². The molecule has 3 saturated heterocycles. The van der Waals surface area contributed by atoms with Crippen molar-refractivity contribution in [3.05, 3.63) is 74.5 Å². The highest BCUT2D eigenvalue weighted by Gasteiger charge is 2.45. The number of aromatic amines is 2. The summed E-state index contributed by atoms with van der Waals surface area (Å²) in [4.78, 5) is 54.9. The minimum Gasteiger partial charge on any atom is -0.516 e. The van der Waals surface area contributed by atoms with E-state index in [2.05, 4.69) is 27.2 Å². The molecule has 0 radical (unpaired) electrons. The van der Waals surface area contributed by atoms with Gasteiger partial charge in [-0.3, -0.25) is 19.2 Å². The molecule has 0 aliphatic carbocycles. The Bertz CT molecular complexity index is 1850. The number of carboxylic acids is 2. The van der Waals surface area contributed by atoms with Crippen molar-refractivity contribution in [3.8, 4) is 0 Å². The summed E-state index contributed by atoms with van der Waals surface area (Å²) in [6.07, 6.45) is 5.10. The average molecular weight is 666 g/mol. The van der Waals surface area contributed by atoms with Crippen LogP contribution in [0.5, 0.6) is 0 Å². The molecule has 2 amide bonds. The maximum absolute atomic E-state index is 12.6. The minimum atomic E-state index is -1.26. The average Bonchev–Trinajstić information content (AvgIpc) is 3.52. The summed E-state index contributed by atoms with van der Waals surface area (Å²) in [6.45, 7) is 9.08. The Hall–Kier alpha value is -4.69. The quantitative estimate of drug-likeness (QED) is 0.0954. The van der Waals surface area contributed by atoms with E-state index in [1.165, 1.54) is 6.08 Å². The van der Waals surface area contributed by atoms with Crippen molar-refractivity contribution in [2.24, 2.45) is 23.5 Å². The molecular weight excluding hydrogens is 626 g/mol. The van der Waals surface area contributed by atoms with Crippen LogP contribution in [0.3, 0.4) is 0 Å². The van der Waals surface area contributed by atoms with E-state index in [1.807, 2.05) is 19.9 Å². The molecule has 13 nitrogen and oxygen atoms in total. The zero-order chi connectivity index (χ0) is 34.3. The topological polar surface area (TPSA) is 231 Å². The Labute approximate surface area is 274 Å². The first-order valence-electron chi connectivity index (χ1n) is 15.2. The van der Waals surface area contributed by atoms with Gasteiger partial charge in [0, 0.05) is 62.8 Å². The number of carboxylic acid groups (broad SMARTS) is 2. The molecule has 6 atom stereocenters. The summed E-state index contributed by atoms with van der Waals surface area (Å²) in [6, 6.07) is -1.77. The fraction of sp³-hybridized carbons (Fsp3) is 0.394. The second-order valence-electron chi connectivity index (χ2n) is 12.2. The number of H-pyrrole nitrogens is 2. The molecule has 3 aliphatic heterocycles. The third kappa shape index (κ3) is 6.47. The Kier molecular flexibility index (Phi) is 9.46. The number of allylic oxidation sites excluding steroid dienone is 1. The highest BCUT2D eigenvalue weighted by Crippen LogP contribution is 2.46. The predicted molar refractivity (Wildman–Crippen MR) is 176 cm³/mol. The molecule has 3 fully saturated rings. The smallest absolute Gasteiger partial charge is 0.311 e. The van der Waals surface area contributed by atoms with Gasteiger partial charge in [0.1, 0.15) is 12.2 Å². The number of rotatable bonds is 11. The maximum atomic E-state index is 12.6. The van der Waals surface area contributed by atoms with E-state index >= 15 is 0 Å². The molecule has 5 heterocycles. The molecule has 2 unspecified atom stereocenters. The van der Waals surface area contributed by atoms with Gasteiger partial charge in [-0.2, -0.15) is 11.8 Å². The number of thioether (sulfide) groups is 1. The van der Waals surface area contributed by atoms with Crippen LogP contribution in [0.4, 0.5) is 0 Å². The van der Waals surface area contributed by atoms with E-state index in [4.69, 9.17) is 5.73 Å². The first-order chi connectivity index (χ1) is 22.3. The molecule has 0 saturated carbocycles. The molecule has 2 aromatic rings. The zero-order valence-electron chi connectivity index (χ0n) is 26.2. The number of nitrogens with one attached hydrogen (secondary N) is 4. The lowest BCUT2D eigenvalue weighted by Gasteiger charge is -2.20. The number of carbonyl (C=O) groups is 4. The van der Waals surface area contributed by atoms with Crippen molar-refractivity contribution < 1.29 is 39.6 Å². The van der Waals surface area contributed by atoms with Gasteiger partial charge < -0.3 is 46.8 Å². The Morgan fingerprint density at radius 3 is 2.36 bits per heavy atom. The lowest BCUT2D eigenvalue weighted by Crippen LogP contribution is -2.37.